The molecule has 1 saturated carbocycles. The molecule has 3 heterocycles. The van der Waals surface area contributed by atoms with Crippen molar-refractivity contribution in [3.8, 4) is 11.8 Å². The van der Waals surface area contributed by atoms with Crippen molar-refractivity contribution >= 4 is 45.9 Å². The quantitative estimate of drug-likeness (QED) is 0.412. The number of hydrogen-bond acceptors (Lipinski definition) is 4. The van der Waals surface area contributed by atoms with E-state index in [1.807, 2.05) is 19.1 Å². The molecule has 170 valence electrons. The number of aromatic nitrogens is 1. The number of pyridine rings is 1. The molecule has 6 nitrogen and oxygen atoms in total. The molecule has 0 atom stereocenters. The van der Waals surface area contributed by atoms with E-state index >= 15 is 0 Å². The predicted octanol–water partition coefficient (Wildman–Crippen LogP) is 4.55. The van der Waals surface area contributed by atoms with Gasteiger partial charge in [-0.3, -0.25) is 14.5 Å². The van der Waals surface area contributed by atoms with Crippen LogP contribution in [0, 0.1) is 28.3 Å². The number of hydrogen-bond donors (Lipinski definition) is 0. The van der Waals surface area contributed by atoms with Gasteiger partial charge in [-0.2, -0.15) is 0 Å². The van der Waals surface area contributed by atoms with Crippen molar-refractivity contribution in [3.63, 3.8) is 0 Å². The van der Waals surface area contributed by atoms with E-state index < -0.39 is 0 Å². The Labute approximate surface area is 207 Å². The monoisotopic (exact) mass is 555 g/mol. The summed E-state index contributed by atoms with van der Waals surface area (Å²) in [5.41, 5.74) is 4.38. The van der Waals surface area contributed by atoms with Gasteiger partial charge in [-0.25, -0.2) is 4.98 Å². The maximum absolute atomic E-state index is 13.6. The summed E-state index contributed by atoms with van der Waals surface area (Å²) < 4.78 is 6.60. The third-order valence-corrected chi connectivity index (χ3v) is 7.69. The first kappa shape index (κ1) is 22.4. The highest BCUT2D eigenvalue weighted by molar-refractivity contribution is 14.1. The van der Waals surface area contributed by atoms with Gasteiger partial charge in [-0.05, 0) is 96.4 Å². The summed E-state index contributed by atoms with van der Waals surface area (Å²) in [5.74, 6) is 6.70. The summed E-state index contributed by atoms with van der Waals surface area (Å²) in [6, 6.07) is 7.98. The van der Waals surface area contributed by atoms with Gasteiger partial charge in [-0.1, -0.05) is 12.0 Å². The Kier molecular flexibility index (Phi) is 6.14. The van der Waals surface area contributed by atoms with E-state index in [9.17, 15) is 9.59 Å². The first-order chi connectivity index (χ1) is 15.9. The Morgan fingerprint density at radius 1 is 1.21 bits per heavy atom. The fourth-order valence-corrected chi connectivity index (χ4v) is 4.91. The third-order valence-electron chi connectivity index (χ3n) is 6.52. The molecule has 0 spiro atoms. The van der Waals surface area contributed by atoms with Crippen LogP contribution in [0.3, 0.4) is 0 Å². The second-order valence-electron chi connectivity index (χ2n) is 9.07. The molecule has 0 radical (unpaired) electrons. The zero-order valence-electron chi connectivity index (χ0n) is 18.9. The number of carbonyl (C=O) groups excluding carboxylic acids is 2. The second-order valence-corrected chi connectivity index (χ2v) is 10.2. The average Bonchev–Trinajstić information content (AvgIpc) is 3.62. The number of nitrogens with zero attached hydrogens (tertiary/aromatic N) is 3. The number of rotatable bonds is 3. The lowest BCUT2D eigenvalue weighted by Crippen LogP contribution is -2.27. The Hall–Kier alpha value is -2.44. The highest BCUT2D eigenvalue weighted by Crippen LogP contribution is 2.46. The summed E-state index contributed by atoms with van der Waals surface area (Å²) in [4.78, 5) is 34.2. The minimum atomic E-state index is -0.310. The van der Waals surface area contributed by atoms with E-state index in [4.69, 9.17) is 4.74 Å². The number of aryl methyl sites for hydroxylation is 1. The predicted molar refractivity (Wildman–Crippen MR) is 134 cm³/mol. The lowest BCUT2D eigenvalue weighted by atomic mass is 10.0. The van der Waals surface area contributed by atoms with Crippen molar-refractivity contribution in [1.29, 1.82) is 0 Å². The summed E-state index contributed by atoms with van der Waals surface area (Å²) >= 11 is 2.35. The Morgan fingerprint density at radius 3 is 2.70 bits per heavy atom. The topological polar surface area (TPSA) is 62.7 Å². The molecular weight excluding hydrogens is 529 g/mol. The molecule has 2 fully saturated rings. The first-order valence-corrected chi connectivity index (χ1v) is 12.5. The number of benzene rings is 1. The normalized spacial score (nSPS) is 18.0. The fraction of sp³-hybridized carbons (Fsp3) is 0.423. The van der Waals surface area contributed by atoms with Crippen LogP contribution in [0.15, 0.2) is 24.3 Å². The summed E-state index contributed by atoms with van der Waals surface area (Å²) in [6.45, 7) is 3.95. The van der Waals surface area contributed by atoms with Crippen LogP contribution in [0.4, 0.5) is 11.5 Å². The Balaban J connectivity index is 1.60. The lowest BCUT2D eigenvalue weighted by Gasteiger charge is -2.24. The van der Waals surface area contributed by atoms with Crippen LogP contribution in [-0.4, -0.2) is 42.0 Å². The van der Waals surface area contributed by atoms with E-state index in [-0.39, 0.29) is 17.7 Å². The van der Waals surface area contributed by atoms with Crippen LogP contribution in [-0.2, 0) is 16.1 Å². The number of halogens is 1. The molecular formula is C26H26IN3O3. The lowest BCUT2D eigenvalue weighted by molar-refractivity contribution is -0.112. The van der Waals surface area contributed by atoms with Gasteiger partial charge in [-0.15, -0.1) is 0 Å². The van der Waals surface area contributed by atoms with E-state index in [0.717, 1.165) is 48.1 Å². The zero-order chi connectivity index (χ0) is 23.1. The standard InChI is InChI=1S/C26H26IN3O3/c1-16-13-22(20(14-21(16)27)18-4-5-18)30(24(31)8-3-17-9-11-33-12-10-17)23-7-6-19-15-29(2)26(32)25(19)28-23/h6-7,13-14,17-18H,4-5,9-12,15H2,1-2H3. The summed E-state index contributed by atoms with van der Waals surface area (Å²) in [7, 11) is 1.76. The van der Waals surface area contributed by atoms with Gasteiger partial charge in [0.15, 0.2) is 0 Å². The molecule has 5 rings (SSSR count). The molecule has 2 aromatic rings. The van der Waals surface area contributed by atoms with Crippen molar-refractivity contribution in [2.75, 3.05) is 25.2 Å². The molecule has 0 bridgehead atoms. The van der Waals surface area contributed by atoms with Crippen molar-refractivity contribution in [3.05, 3.63) is 50.2 Å². The van der Waals surface area contributed by atoms with Crippen molar-refractivity contribution < 1.29 is 14.3 Å². The zero-order valence-corrected chi connectivity index (χ0v) is 21.0. The van der Waals surface area contributed by atoms with Crippen LogP contribution < -0.4 is 4.90 Å². The van der Waals surface area contributed by atoms with E-state index in [2.05, 4.69) is 51.5 Å². The van der Waals surface area contributed by atoms with Gasteiger partial charge in [0.05, 0.1) is 5.69 Å². The van der Waals surface area contributed by atoms with Crippen molar-refractivity contribution in [1.82, 2.24) is 9.88 Å². The molecule has 1 aliphatic carbocycles. The molecule has 33 heavy (non-hydrogen) atoms. The largest absolute Gasteiger partial charge is 0.381 e. The maximum atomic E-state index is 13.6. The van der Waals surface area contributed by atoms with Gasteiger partial charge >= 0.3 is 5.91 Å². The molecule has 2 aliphatic heterocycles. The number of fused-ring (bicyclic) bond motifs is 1. The van der Waals surface area contributed by atoms with Gasteiger partial charge < -0.3 is 9.64 Å². The molecule has 1 aromatic heterocycles. The highest BCUT2D eigenvalue weighted by atomic mass is 127. The fourth-order valence-electron chi connectivity index (χ4n) is 4.42. The molecule has 3 aliphatic rings. The van der Waals surface area contributed by atoms with Crippen LogP contribution in [0.25, 0.3) is 0 Å². The molecule has 7 heteroatoms. The van der Waals surface area contributed by atoms with Crippen molar-refractivity contribution in [2.45, 2.75) is 45.1 Å². The smallest absolute Gasteiger partial charge is 0.308 e. The maximum Gasteiger partial charge on any atom is 0.308 e. The van der Waals surface area contributed by atoms with Gasteiger partial charge in [0.25, 0.3) is 5.91 Å². The van der Waals surface area contributed by atoms with Gasteiger partial charge in [0.2, 0.25) is 0 Å². The molecule has 0 N–H and O–H groups in total. The molecule has 1 saturated heterocycles. The molecule has 1 aromatic carbocycles. The van der Waals surface area contributed by atoms with Gasteiger partial charge in [0.1, 0.15) is 11.5 Å². The average molecular weight is 555 g/mol. The van der Waals surface area contributed by atoms with Gasteiger partial charge in [0, 0.05) is 41.9 Å². The minimum absolute atomic E-state index is 0.117. The summed E-state index contributed by atoms with van der Waals surface area (Å²) in [5, 5.41) is 0. The number of anilines is 2. The van der Waals surface area contributed by atoms with E-state index in [1.165, 1.54) is 3.57 Å². The summed E-state index contributed by atoms with van der Waals surface area (Å²) in [6.07, 6.45) is 3.91. The second kappa shape index (κ2) is 9.07. The Morgan fingerprint density at radius 2 is 1.97 bits per heavy atom. The first-order valence-electron chi connectivity index (χ1n) is 11.4. The molecule has 0 unspecified atom stereocenters. The minimum Gasteiger partial charge on any atom is -0.381 e. The van der Waals surface area contributed by atoms with E-state index in [1.54, 1.807) is 16.8 Å². The van der Waals surface area contributed by atoms with Crippen LogP contribution in [0.5, 0.6) is 0 Å². The van der Waals surface area contributed by atoms with Crippen molar-refractivity contribution in [2.24, 2.45) is 5.92 Å². The van der Waals surface area contributed by atoms with Crippen LogP contribution in [0.2, 0.25) is 0 Å². The van der Waals surface area contributed by atoms with Crippen LogP contribution in [0.1, 0.15) is 58.8 Å². The molecule has 2 amide bonds. The SMILES string of the molecule is Cc1cc(N(C(=O)C#CC2CCOCC2)c2ccc3c(n2)C(=O)N(C)C3)c(C2CC2)cc1I. The number of amides is 2. The van der Waals surface area contributed by atoms with E-state index in [0.29, 0.717) is 37.2 Å². The number of carbonyl (C=O) groups is 2. The van der Waals surface area contributed by atoms with Crippen LogP contribution >= 0.6 is 22.6 Å². The number of ether oxygens (including phenoxy) is 1. The highest BCUT2D eigenvalue weighted by Gasteiger charge is 2.33. The Bertz CT molecular complexity index is 1190. The third kappa shape index (κ3) is 4.51.